The Morgan fingerprint density at radius 2 is 1.89 bits per heavy atom. The normalized spacial score (nSPS) is 18.4. The van der Waals surface area contributed by atoms with Gasteiger partial charge in [0.15, 0.2) is 0 Å². The summed E-state index contributed by atoms with van der Waals surface area (Å²) in [6, 6.07) is 6.56. The number of aryl methyl sites for hydroxylation is 2. The van der Waals surface area contributed by atoms with Crippen LogP contribution in [0.5, 0.6) is 0 Å². The third-order valence-corrected chi connectivity index (χ3v) is 4.40. The van der Waals surface area contributed by atoms with Gasteiger partial charge in [0, 0.05) is 18.8 Å². The molecule has 0 aromatic heterocycles. The average Bonchev–Trinajstić information content (AvgIpc) is 2.32. The molecule has 0 saturated carbocycles. The van der Waals surface area contributed by atoms with E-state index in [1.54, 1.807) is 0 Å². The monoisotopic (exact) mass is 261 g/mol. The smallest absolute Gasteiger partial charge is 0.303 e. The number of nitrogens with zero attached hydrogens (tertiary/aromatic N) is 1. The Hall–Kier alpha value is -1.51. The van der Waals surface area contributed by atoms with Crippen molar-refractivity contribution in [3.63, 3.8) is 0 Å². The summed E-state index contributed by atoms with van der Waals surface area (Å²) in [5, 5.41) is 8.97. The highest BCUT2D eigenvalue weighted by Crippen LogP contribution is 2.36. The summed E-state index contributed by atoms with van der Waals surface area (Å²) in [6.07, 6.45) is 2.19. The average molecular weight is 261 g/mol. The van der Waals surface area contributed by atoms with E-state index in [2.05, 4.69) is 43.9 Å². The van der Waals surface area contributed by atoms with Crippen LogP contribution in [0.3, 0.4) is 0 Å². The van der Waals surface area contributed by atoms with Gasteiger partial charge < -0.3 is 10.0 Å². The molecule has 0 atom stereocenters. The molecule has 1 saturated heterocycles. The molecule has 3 nitrogen and oxygen atoms in total. The number of hydrogen-bond donors (Lipinski definition) is 1. The SMILES string of the molecule is Cc1ccc(N2CCC(C)(CC(=O)O)CC2)cc1C. The van der Waals surface area contributed by atoms with Gasteiger partial charge in [0.05, 0.1) is 6.42 Å². The van der Waals surface area contributed by atoms with Crippen molar-refractivity contribution in [2.45, 2.75) is 40.0 Å². The molecule has 0 spiro atoms. The van der Waals surface area contributed by atoms with Gasteiger partial charge in [0.25, 0.3) is 0 Å². The fraction of sp³-hybridized carbons (Fsp3) is 0.562. The second-order valence-corrected chi connectivity index (χ2v) is 6.14. The van der Waals surface area contributed by atoms with Crippen molar-refractivity contribution < 1.29 is 9.90 Å². The van der Waals surface area contributed by atoms with Gasteiger partial charge in [0.1, 0.15) is 0 Å². The summed E-state index contributed by atoms with van der Waals surface area (Å²) in [4.78, 5) is 13.3. The van der Waals surface area contributed by atoms with E-state index in [9.17, 15) is 4.79 Å². The van der Waals surface area contributed by atoms with Crippen molar-refractivity contribution in [2.75, 3.05) is 18.0 Å². The largest absolute Gasteiger partial charge is 0.481 e. The number of carbonyl (C=O) groups is 1. The lowest BCUT2D eigenvalue weighted by atomic mass is 9.77. The fourth-order valence-corrected chi connectivity index (χ4v) is 2.77. The highest BCUT2D eigenvalue weighted by atomic mass is 16.4. The Bertz CT molecular complexity index is 474. The number of rotatable bonds is 3. The molecule has 0 aliphatic carbocycles. The highest BCUT2D eigenvalue weighted by Gasteiger charge is 2.32. The summed E-state index contributed by atoms with van der Waals surface area (Å²) in [5.74, 6) is -0.679. The molecule has 1 aliphatic heterocycles. The third-order valence-electron chi connectivity index (χ3n) is 4.40. The topological polar surface area (TPSA) is 40.5 Å². The zero-order valence-corrected chi connectivity index (χ0v) is 12.1. The Labute approximate surface area is 115 Å². The molecular formula is C16H23NO2. The molecule has 0 bridgehead atoms. The minimum absolute atomic E-state index is 0.0396. The summed E-state index contributed by atoms with van der Waals surface area (Å²) in [6.45, 7) is 8.26. The zero-order chi connectivity index (χ0) is 14.0. The molecule has 1 aromatic rings. The second kappa shape index (κ2) is 5.24. The van der Waals surface area contributed by atoms with Crippen LogP contribution < -0.4 is 4.90 Å². The second-order valence-electron chi connectivity index (χ2n) is 6.14. The van der Waals surface area contributed by atoms with Crippen LogP contribution in [-0.4, -0.2) is 24.2 Å². The van der Waals surface area contributed by atoms with E-state index in [1.807, 2.05) is 0 Å². The van der Waals surface area contributed by atoms with Crippen LogP contribution >= 0.6 is 0 Å². The maximum atomic E-state index is 10.9. The van der Waals surface area contributed by atoms with Crippen LogP contribution in [0.25, 0.3) is 0 Å². The first-order chi connectivity index (χ1) is 8.89. The first-order valence-corrected chi connectivity index (χ1v) is 6.94. The molecule has 0 radical (unpaired) electrons. The standard InChI is InChI=1S/C16H23NO2/c1-12-4-5-14(10-13(12)2)17-8-6-16(3,7-9-17)11-15(18)19/h4-5,10H,6-9,11H2,1-3H3,(H,18,19). The van der Waals surface area contributed by atoms with Gasteiger partial charge >= 0.3 is 5.97 Å². The predicted molar refractivity (Wildman–Crippen MR) is 77.7 cm³/mol. The number of piperidine rings is 1. The number of hydrogen-bond acceptors (Lipinski definition) is 2. The number of carboxylic acid groups (broad SMARTS) is 1. The van der Waals surface area contributed by atoms with Crippen LogP contribution in [0.4, 0.5) is 5.69 Å². The highest BCUT2D eigenvalue weighted by molar-refractivity contribution is 5.67. The van der Waals surface area contributed by atoms with Crippen LogP contribution in [0.2, 0.25) is 0 Å². The number of benzene rings is 1. The van der Waals surface area contributed by atoms with Crippen molar-refractivity contribution in [2.24, 2.45) is 5.41 Å². The minimum atomic E-state index is -0.679. The number of aliphatic carboxylic acids is 1. The third kappa shape index (κ3) is 3.28. The van der Waals surface area contributed by atoms with E-state index in [0.29, 0.717) is 0 Å². The lowest BCUT2D eigenvalue weighted by Gasteiger charge is -2.39. The Morgan fingerprint density at radius 3 is 2.42 bits per heavy atom. The zero-order valence-electron chi connectivity index (χ0n) is 12.1. The lowest BCUT2D eigenvalue weighted by Crippen LogP contribution is -2.39. The summed E-state index contributed by atoms with van der Waals surface area (Å²) < 4.78 is 0. The first-order valence-electron chi connectivity index (χ1n) is 6.94. The molecule has 0 unspecified atom stereocenters. The Balaban J connectivity index is 2.03. The summed E-state index contributed by atoms with van der Waals surface area (Å²) >= 11 is 0. The van der Waals surface area contributed by atoms with Crippen LogP contribution in [0, 0.1) is 19.3 Å². The molecule has 19 heavy (non-hydrogen) atoms. The van der Waals surface area contributed by atoms with Crippen molar-refractivity contribution in [1.82, 2.24) is 0 Å². The predicted octanol–water partition coefficient (Wildman–Crippen LogP) is 3.38. The van der Waals surface area contributed by atoms with E-state index >= 15 is 0 Å². The van der Waals surface area contributed by atoms with Crippen molar-refractivity contribution in [3.05, 3.63) is 29.3 Å². The van der Waals surface area contributed by atoms with E-state index in [0.717, 1.165) is 25.9 Å². The van der Waals surface area contributed by atoms with E-state index < -0.39 is 5.97 Å². The molecule has 1 aliphatic rings. The summed E-state index contributed by atoms with van der Waals surface area (Å²) in [5.41, 5.74) is 3.86. The Morgan fingerprint density at radius 1 is 1.26 bits per heavy atom. The lowest BCUT2D eigenvalue weighted by molar-refractivity contribution is -0.139. The molecule has 104 valence electrons. The first kappa shape index (κ1) is 13.9. The molecule has 1 aromatic carbocycles. The maximum Gasteiger partial charge on any atom is 0.303 e. The van der Waals surface area contributed by atoms with Gasteiger partial charge in [-0.15, -0.1) is 0 Å². The van der Waals surface area contributed by atoms with Crippen LogP contribution in [-0.2, 0) is 4.79 Å². The van der Waals surface area contributed by atoms with Crippen LogP contribution in [0.1, 0.15) is 37.3 Å². The molecule has 1 fully saturated rings. The molecule has 1 heterocycles. The van der Waals surface area contributed by atoms with Crippen molar-refractivity contribution >= 4 is 11.7 Å². The van der Waals surface area contributed by atoms with Gasteiger partial charge in [-0.05, 0) is 55.4 Å². The van der Waals surface area contributed by atoms with Gasteiger partial charge in [-0.2, -0.15) is 0 Å². The molecule has 1 N–H and O–H groups in total. The molecule has 3 heteroatoms. The molecule has 0 amide bonds. The number of anilines is 1. The quantitative estimate of drug-likeness (QED) is 0.906. The maximum absolute atomic E-state index is 10.9. The minimum Gasteiger partial charge on any atom is -0.481 e. The van der Waals surface area contributed by atoms with Gasteiger partial charge in [-0.3, -0.25) is 4.79 Å². The molecule has 2 rings (SSSR count). The van der Waals surface area contributed by atoms with Crippen molar-refractivity contribution in [1.29, 1.82) is 0 Å². The van der Waals surface area contributed by atoms with Crippen LogP contribution in [0.15, 0.2) is 18.2 Å². The number of carboxylic acids is 1. The summed E-state index contributed by atoms with van der Waals surface area (Å²) in [7, 11) is 0. The molecular weight excluding hydrogens is 238 g/mol. The fourth-order valence-electron chi connectivity index (χ4n) is 2.77. The van der Waals surface area contributed by atoms with Gasteiger partial charge in [0.2, 0.25) is 0 Å². The van der Waals surface area contributed by atoms with Crippen molar-refractivity contribution in [3.8, 4) is 0 Å². The van der Waals surface area contributed by atoms with E-state index in [-0.39, 0.29) is 11.8 Å². The van der Waals surface area contributed by atoms with E-state index in [4.69, 9.17) is 5.11 Å². The van der Waals surface area contributed by atoms with Gasteiger partial charge in [-0.1, -0.05) is 13.0 Å². The Kier molecular flexibility index (Phi) is 3.83. The van der Waals surface area contributed by atoms with E-state index in [1.165, 1.54) is 16.8 Å². The van der Waals surface area contributed by atoms with Gasteiger partial charge in [-0.25, -0.2) is 0 Å².